The Morgan fingerprint density at radius 2 is 2.05 bits per heavy atom. The van der Waals surface area contributed by atoms with E-state index in [1.165, 1.54) is 38.5 Å². The molecule has 118 valence electrons. The summed E-state index contributed by atoms with van der Waals surface area (Å²) in [7, 11) is 0. The molecule has 1 aliphatic rings. The van der Waals surface area contributed by atoms with Crippen LogP contribution < -0.4 is 5.32 Å². The summed E-state index contributed by atoms with van der Waals surface area (Å²) in [5, 5.41) is 3.63. The third kappa shape index (κ3) is 5.71. The minimum absolute atomic E-state index is 0.0867. The van der Waals surface area contributed by atoms with Crippen LogP contribution >= 0.6 is 15.9 Å². The average Bonchev–Trinajstić information content (AvgIpc) is 2.48. The van der Waals surface area contributed by atoms with E-state index < -0.39 is 0 Å². The van der Waals surface area contributed by atoms with E-state index in [9.17, 15) is 4.39 Å². The highest BCUT2D eigenvalue weighted by Gasteiger charge is 2.20. The second-order valence-electron chi connectivity index (χ2n) is 6.33. The molecular weight excluding hydrogens is 329 g/mol. The molecule has 1 saturated carbocycles. The summed E-state index contributed by atoms with van der Waals surface area (Å²) in [6.07, 6.45) is 9.97. The molecule has 1 N–H and O–H groups in total. The zero-order chi connectivity index (χ0) is 15.1. The van der Waals surface area contributed by atoms with Crippen LogP contribution in [0, 0.1) is 11.7 Å². The predicted molar refractivity (Wildman–Crippen MR) is 91.1 cm³/mol. The SMILES string of the molecule is CCCNC(Cc1ccc(Br)cc1F)CC1CCCCC1. The van der Waals surface area contributed by atoms with Gasteiger partial charge in [0.2, 0.25) is 0 Å². The van der Waals surface area contributed by atoms with Crippen LogP contribution in [-0.4, -0.2) is 12.6 Å². The van der Waals surface area contributed by atoms with Crippen molar-refractivity contribution in [2.75, 3.05) is 6.54 Å². The monoisotopic (exact) mass is 355 g/mol. The third-order valence-corrected chi connectivity index (χ3v) is 5.00. The molecule has 1 fully saturated rings. The number of rotatable bonds is 7. The van der Waals surface area contributed by atoms with Crippen molar-refractivity contribution < 1.29 is 4.39 Å². The van der Waals surface area contributed by atoms with E-state index >= 15 is 0 Å². The van der Waals surface area contributed by atoms with Gasteiger partial charge < -0.3 is 5.32 Å². The van der Waals surface area contributed by atoms with E-state index in [2.05, 4.69) is 28.2 Å². The highest BCUT2D eigenvalue weighted by Crippen LogP contribution is 2.28. The maximum Gasteiger partial charge on any atom is 0.127 e. The molecule has 1 aliphatic carbocycles. The molecule has 1 unspecified atom stereocenters. The van der Waals surface area contributed by atoms with Gasteiger partial charge >= 0.3 is 0 Å². The van der Waals surface area contributed by atoms with Gasteiger partial charge in [-0.2, -0.15) is 0 Å². The second kappa shape index (κ2) is 8.89. The molecule has 1 aromatic rings. The molecule has 0 aliphatic heterocycles. The minimum atomic E-state index is -0.0867. The Morgan fingerprint density at radius 1 is 1.29 bits per heavy atom. The Hall–Kier alpha value is -0.410. The van der Waals surface area contributed by atoms with Crippen LogP contribution in [0.25, 0.3) is 0 Å². The lowest BCUT2D eigenvalue weighted by Gasteiger charge is -2.27. The lowest BCUT2D eigenvalue weighted by Crippen LogP contribution is -2.34. The van der Waals surface area contributed by atoms with Gasteiger partial charge in [0.1, 0.15) is 5.82 Å². The maximum atomic E-state index is 14.1. The van der Waals surface area contributed by atoms with Gasteiger partial charge in [0.25, 0.3) is 0 Å². The Balaban J connectivity index is 1.97. The van der Waals surface area contributed by atoms with Crippen LogP contribution in [0.5, 0.6) is 0 Å². The van der Waals surface area contributed by atoms with Crippen LogP contribution in [0.2, 0.25) is 0 Å². The summed E-state index contributed by atoms with van der Waals surface area (Å²) in [5.74, 6) is 0.739. The zero-order valence-electron chi connectivity index (χ0n) is 13.0. The quantitative estimate of drug-likeness (QED) is 0.683. The van der Waals surface area contributed by atoms with Crippen LogP contribution in [0.4, 0.5) is 4.39 Å². The lowest BCUT2D eigenvalue weighted by molar-refractivity contribution is 0.296. The predicted octanol–water partition coefficient (Wildman–Crippen LogP) is 5.47. The first-order valence-electron chi connectivity index (χ1n) is 8.36. The van der Waals surface area contributed by atoms with Gasteiger partial charge in [-0.15, -0.1) is 0 Å². The Labute approximate surface area is 136 Å². The molecule has 3 heteroatoms. The Morgan fingerprint density at radius 3 is 2.71 bits per heavy atom. The van der Waals surface area contributed by atoms with Gasteiger partial charge in [-0.3, -0.25) is 0 Å². The molecule has 0 saturated heterocycles. The van der Waals surface area contributed by atoms with E-state index in [1.54, 1.807) is 6.07 Å². The first-order chi connectivity index (χ1) is 10.2. The van der Waals surface area contributed by atoms with Crippen molar-refractivity contribution in [3.05, 3.63) is 34.1 Å². The largest absolute Gasteiger partial charge is 0.314 e. The summed E-state index contributed by atoms with van der Waals surface area (Å²) < 4.78 is 14.9. The summed E-state index contributed by atoms with van der Waals surface area (Å²) in [5.41, 5.74) is 0.836. The third-order valence-electron chi connectivity index (χ3n) is 4.51. The van der Waals surface area contributed by atoms with Gasteiger partial charge in [0.15, 0.2) is 0 Å². The van der Waals surface area contributed by atoms with Crippen LogP contribution in [0.1, 0.15) is 57.4 Å². The summed E-state index contributed by atoms with van der Waals surface area (Å²) in [6.45, 7) is 3.21. The Bertz CT molecular complexity index is 429. The van der Waals surface area contributed by atoms with E-state index in [-0.39, 0.29) is 5.82 Å². The zero-order valence-corrected chi connectivity index (χ0v) is 14.6. The molecule has 0 amide bonds. The fraction of sp³-hybridized carbons (Fsp3) is 0.667. The molecule has 1 aromatic carbocycles. The molecule has 0 aromatic heterocycles. The molecular formula is C18H27BrFN. The summed E-state index contributed by atoms with van der Waals surface area (Å²) in [6, 6.07) is 5.84. The Kier molecular flexibility index (Phi) is 7.18. The minimum Gasteiger partial charge on any atom is -0.314 e. The molecule has 0 heterocycles. The van der Waals surface area contributed by atoms with Gasteiger partial charge in [0.05, 0.1) is 0 Å². The molecule has 2 rings (SSSR count). The maximum absolute atomic E-state index is 14.1. The van der Waals surface area contributed by atoms with Crippen LogP contribution in [0.15, 0.2) is 22.7 Å². The first-order valence-corrected chi connectivity index (χ1v) is 9.15. The standard InChI is InChI=1S/C18H27BrFN/c1-2-10-21-17(11-14-6-4-3-5-7-14)12-15-8-9-16(19)13-18(15)20/h8-9,13-14,17,21H,2-7,10-12H2,1H3. The van der Waals surface area contributed by atoms with Crippen molar-refractivity contribution >= 4 is 15.9 Å². The van der Waals surface area contributed by atoms with E-state index in [1.807, 2.05) is 12.1 Å². The van der Waals surface area contributed by atoms with Gasteiger partial charge in [0, 0.05) is 10.5 Å². The van der Waals surface area contributed by atoms with Gasteiger partial charge in [-0.25, -0.2) is 4.39 Å². The second-order valence-corrected chi connectivity index (χ2v) is 7.25. The number of nitrogens with one attached hydrogen (secondary N) is 1. The highest BCUT2D eigenvalue weighted by atomic mass is 79.9. The first kappa shape index (κ1) is 17.0. The van der Waals surface area contributed by atoms with Crippen molar-refractivity contribution in [2.45, 2.75) is 64.3 Å². The fourth-order valence-corrected chi connectivity index (χ4v) is 3.70. The smallest absolute Gasteiger partial charge is 0.127 e. The number of hydrogen-bond acceptors (Lipinski definition) is 1. The molecule has 1 nitrogen and oxygen atoms in total. The lowest BCUT2D eigenvalue weighted by atomic mass is 9.83. The number of hydrogen-bond donors (Lipinski definition) is 1. The molecule has 0 spiro atoms. The van der Waals surface area contributed by atoms with Gasteiger partial charge in [-0.1, -0.05) is 61.0 Å². The van der Waals surface area contributed by atoms with Crippen molar-refractivity contribution in [3.63, 3.8) is 0 Å². The average molecular weight is 356 g/mol. The van der Waals surface area contributed by atoms with E-state index in [0.29, 0.717) is 6.04 Å². The summed E-state index contributed by atoms with van der Waals surface area (Å²) in [4.78, 5) is 0. The van der Waals surface area contributed by atoms with Gasteiger partial charge in [-0.05, 0) is 49.4 Å². The van der Waals surface area contributed by atoms with Crippen molar-refractivity contribution in [3.8, 4) is 0 Å². The van der Waals surface area contributed by atoms with Crippen LogP contribution in [0.3, 0.4) is 0 Å². The molecule has 21 heavy (non-hydrogen) atoms. The van der Waals surface area contributed by atoms with Crippen molar-refractivity contribution in [1.29, 1.82) is 0 Å². The molecule has 1 atom stereocenters. The van der Waals surface area contributed by atoms with E-state index in [4.69, 9.17) is 0 Å². The fourth-order valence-electron chi connectivity index (χ4n) is 3.37. The highest BCUT2D eigenvalue weighted by molar-refractivity contribution is 9.10. The summed E-state index contributed by atoms with van der Waals surface area (Å²) >= 11 is 3.33. The molecule has 0 bridgehead atoms. The van der Waals surface area contributed by atoms with Crippen molar-refractivity contribution in [2.24, 2.45) is 5.92 Å². The topological polar surface area (TPSA) is 12.0 Å². The normalized spacial score (nSPS) is 17.9. The number of benzene rings is 1. The molecule has 0 radical (unpaired) electrons. The number of halogens is 2. The van der Waals surface area contributed by atoms with Crippen LogP contribution in [-0.2, 0) is 6.42 Å². The van der Waals surface area contributed by atoms with E-state index in [0.717, 1.165) is 35.3 Å². The van der Waals surface area contributed by atoms with Crippen molar-refractivity contribution in [1.82, 2.24) is 5.32 Å².